The highest BCUT2D eigenvalue weighted by Gasteiger charge is 2.72. The fourth-order valence-corrected chi connectivity index (χ4v) is 4.51. The quantitative estimate of drug-likeness (QED) is 0.619. The van der Waals surface area contributed by atoms with E-state index < -0.39 is 0 Å². The molecule has 5 unspecified atom stereocenters. The van der Waals surface area contributed by atoms with E-state index in [1.54, 1.807) is 0 Å². The number of carbonyl (C=O) groups excluding carboxylic acids is 1. The second-order valence-corrected chi connectivity index (χ2v) is 6.54. The molecule has 1 saturated heterocycles. The van der Waals surface area contributed by atoms with Gasteiger partial charge in [-0.2, -0.15) is 0 Å². The van der Waals surface area contributed by atoms with Crippen molar-refractivity contribution in [3.05, 3.63) is 47.5 Å². The molecule has 3 nitrogen and oxygen atoms in total. The van der Waals surface area contributed by atoms with E-state index in [0.717, 1.165) is 18.4 Å². The monoisotopic (exact) mass is 284 g/mol. The van der Waals surface area contributed by atoms with Crippen LogP contribution in [0.25, 0.3) is 0 Å². The minimum atomic E-state index is -0.361. The van der Waals surface area contributed by atoms with Gasteiger partial charge in [0.05, 0.1) is 18.8 Å². The van der Waals surface area contributed by atoms with Gasteiger partial charge in [0, 0.05) is 5.92 Å². The zero-order valence-corrected chi connectivity index (χ0v) is 12.4. The fraction of sp³-hybridized carbons (Fsp3) is 0.500. The highest BCUT2D eigenvalue weighted by molar-refractivity contribution is 5.92. The molecule has 3 heteroatoms. The van der Waals surface area contributed by atoms with Crippen LogP contribution in [0.3, 0.4) is 0 Å². The van der Waals surface area contributed by atoms with Gasteiger partial charge in [0.25, 0.3) is 0 Å². The number of epoxide rings is 1. The van der Waals surface area contributed by atoms with Crippen LogP contribution < -0.4 is 0 Å². The summed E-state index contributed by atoms with van der Waals surface area (Å²) in [7, 11) is 1.45. The van der Waals surface area contributed by atoms with E-state index in [1.807, 2.05) is 0 Å². The lowest BCUT2D eigenvalue weighted by Crippen LogP contribution is -2.36. The number of carbonyl (C=O) groups is 1. The van der Waals surface area contributed by atoms with E-state index in [-0.39, 0.29) is 17.7 Å². The van der Waals surface area contributed by atoms with Gasteiger partial charge in [-0.05, 0) is 30.2 Å². The van der Waals surface area contributed by atoms with Crippen LogP contribution in [-0.2, 0) is 14.3 Å². The first kappa shape index (κ1) is 13.1. The summed E-state index contributed by atoms with van der Waals surface area (Å²) in [4.78, 5) is 12.2. The summed E-state index contributed by atoms with van der Waals surface area (Å²) in [5.41, 5.74) is 1.77. The number of methoxy groups -OCH3 is 1. The third kappa shape index (κ3) is 1.73. The normalized spacial score (nSPS) is 40.0. The smallest absolute Gasteiger partial charge is 0.336 e. The lowest BCUT2D eigenvalue weighted by Gasteiger charge is -2.34. The third-order valence-electron chi connectivity index (χ3n) is 5.39. The number of benzene rings is 1. The van der Waals surface area contributed by atoms with Gasteiger partial charge in [0.15, 0.2) is 0 Å². The fourth-order valence-electron chi connectivity index (χ4n) is 4.51. The Morgan fingerprint density at radius 3 is 2.76 bits per heavy atom. The number of allylic oxidation sites excluding steroid dienone is 1. The molecule has 1 saturated carbocycles. The molecule has 0 aromatic heterocycles. The predicted molar refractivity (Wildman–Crippen MR) is 78.8 cm³/mol. The Hall–Kier alpha value is -1.61. The molecule has 1 aliphatic heterocycles. The van der Waals surface area contributed by atoms with Crippen molar-refractivity contribution in [1.82, 2.24) is 0 Å². The van der Waals surface area contributed by atoms with Crippen LogP contribution in [-0.4, -0.2) is 24.8 Å². The summed E-state index contributed by atoms with van der Waals surface area (Å²) in [6, 6.07) is 10.6. The molecule has 5 atom stereocenters. The highest BCUT2D eigenvalue weighted by Crippen LogP contribution is 2.66. The Balaban J connectivity index is 1.73. The molecule has 21 heavy (non-hydrogen) atoms. The minimum absolute atomic E-state index is 0.186. The van der Waals surface area contributed by atoms with Crippen molar-refractivity contribution >= 4 is 5.97 Å². The molecule has 1 aromatic carbocycles. The Kier molecular flexibility index (Phi) is 2.77. The molecular formula is C18H20O3. The van der Waals surface area contributed by atoms with Crippen molar-refractivity contribution in [2.75, 3.05) is 7.11 Å². The Morgan fingerprint density at radius 2 is 2.05 bits per heavy atom. The minimum Gasteiger partial charge on any atom is -0.466 e. The van der Waals surface area contributed by atoms with E-state index >= 15 is 0 Å². The van der Waals surface area contributed by atoms with Crippen molar-refractivity contribution in [2.45, 2.75) is 37.4 Å². The zero-order valence-electron chi connectivity index (χ0n) is 12.4. The first-order valence-corrected chi connectivity index (χ1v) is 7.70. The molecule has 0 bridgehead atoms. The predicted octanol–water partition coefficient (Wildman–Crippen LogP) is 3.07. The Morgan fingerprint density at radius 1 is 1.29 bits per heavy atom. The maximum Gasteiger partial charge on any atom is 0.336 e. The van der Waals surface area contributed by atoms with Crippen LogP contribution in [0.1, 0.15) is 31.2 Å². The molecule has 2 fully saturated rings. The summed E-state index contributed by atoms with van der Waals surface area (Å²) in [5, 5.41) is 0. The molecule has 3 aliphatic rings. The van der Waals surface area contributed by atoms with Gasteiger partial charge in [-0.1, -0.05) is 43.3 Å². The first-order valence-electron chi connectivity index (χ1n) is 7.70. The van der Waals surface area contributed by atoms with Gasteiger partial charge >= 0.3 is 5.97 Å². The van der Waals surface area contributed by atoms with Crippen molar-refractivity contribution in [2.24, 2.45) is 11.8 Å². The standard InChI is InChI=1S/C18H20O3/c1-11-8-14-13(12-6-4-3-5-7-12)10-16-18(14,21-16)15(9-11)17(19)20-2/h3-7,9,11,13-14,16H,8,10H2,1-2H3. The Bertz CT molecular complexity index is 606. The average Bonchev–Trinajstić information content (AvgIpc) is 3.13. The molecule has 1 heterocycles. The molecule has 1 aromatic rings. The van der Waals surface area contributed by atoms with Crippen molar-refractivity contribution in [1.29, 1.82) is 0 Å². The van der Waals surface area contributed by atoms with Crippen molar-refractivity contribution in [3.63, 3.8) is 0 Å². The van der Waals surface area contributed by atoms with Crippen molar-refractivity contribution < 1.29 is 14.3 Å². The number of hydrogen-bond acceptors (Lipinski definition) is 3. The lowest BCUT2D eigenvalue weighted by atomic mass is 9.71. The molecule has 0 N–H and O–H groups in total. The molecule has 0 amide bonds. The molecule has 2 aliphatic carbocycles. The summed E-state index contributed by atoms with van der Waals surface area (Å²) in [5.74, 6) is 1.05. The van der Waals surface area contributed by atoms with E-state index in [2.05, 4.69) is 43.3 Å². The van der Waals surface area contributed by atoms with Crippen LogP contribution in [0.5, 0.6) is 0 Å². The van der Waals surface area contributed by atoms with E-state index in [1.165, 1.54) is 12.7 Å². The second-order valence-electron chi connectivity index (χ2n) is 6.54. The third-order valence-corrected chi connectivity index (χ3v) is 5.39. The highest BCUT2D eigenvalue weighted by atomic mass is 16.6. The van der Waals surface area contributed by atoms with Gasteiger partial charge in [-0.3, -0.25) is 0 Å². The molecular weight excluding hydrogens is 264 g/mol. The number of esters is 1. The maximum atomic E-state index is 12.2. The molecule has 110 valence electrons. The van der Waals surface area contributed by atoms with Crippen LogP contribution >= 0.6 is 0 Å². The molecule has 1 spiro atoms. The average molecular weight is 284 g/mol. The van der Waals surface area contributed by atoms with Crippen LogP contribution in [0.4, 0.5) is 0 Å². The van der Waals surface area contributed by atoms with Crippen molar-refractivity contribution in [3.8, 4) is 0 Å². The van der Waals surface area contributed by atoms with Gasteiger partial charge in [-0.15, -0.1) is 0 Å². The number of hydrogen-bond donors (Lipinski definition) is 0. The van der Waals surface area contributed by atoms with Gasteiger partial charge in [-0.25, -0.2) is 4.79 Å². The first-order chi connectivity index (χ1) is 10.2. The van der Waals surface area contributed by atoms with E-state index in [0.29, 0.717) is 17.8 Å². The SMILES string of the molecule is COC(=O)C1=CC(C)CC2C(c3ccccc3)CC3OC132. The molecule has 0 radical (unpaired) electrons. The van der Waals surface area contributed by atoms with E-state index in [4.69, 9.17) is 9.47 Å². The largest absolute Gasteiger partial charge is 0.466 e. The summed E-state index contributed by atoms with van der Waals surface area (Å²) in [6.45, 7) is 2.17. The summed E-state index contributed by atoms with van der Waals surface area (Å²) < 4.78 is 11.0. The second kappa shape index (κ2) is 4.44. The van der Waals surface area contributed by atoms with Gasteiger partial charge in [0.1, 0.15) is 5.60 Å². The van der Waals surface area contributed by atoms with Crippen LogP contribution in [0, 0.1) is 11.8 Å². The Labute approximate surface area is 124 Å². The van der Waals surface area contributed by atoms with Crippen LogP contribution in [0.2, 0.25) is 0 Å². The van der Waals surface area contributed by atoms with Gasteiger partial charge < -0.3 is 9.47 Å². The zero-order chi connectivity index (χ0) is 14.6. The number of ether oxygens (including phenoxy) is 2. The summed E-state index contributed by atoms with van der Waals surface area (Å²) >= 11 is 0. The van der Waals surface area contributed by atoms with Crippen LogP contribution in [0.15, 0.2) is 42.0 Å². The lowest BCUT2D eigenvalue weighted by molar-refractivity contribution is -0.137. The van der Waals surface area contributed by atoms with Gasteiger partial charge in [0.2, 0.25) is 0 Å². The summed E-state index contributed by atoms with van der Waals surface area (Å²) in [6.07, 6.45) is 4.34. The molecule has 4 rings (SSSR count). The van der Waals surface area contributed by atoms with E-state index in [9.17, 15) is 4.79 Å². The number of rotatable bonds is 2. The maximum absolute atomic E-state index is 12.2. The topological polar surface area (TPSA) is 38.8 Å².